The average Bonchev–Trinajstić information content (AvgIpc) is 3.60. The number of ether oxygens (including phenoxy) is 1. The molecule has 0 spiro atoms. The number of aromatic nitrogens is 1. The molecular formula is C38H48FN9O3. The maximum Gasteiger partial charge on any atom is 0.236 e. The summed E-state index contributed by atoms with van der Waals surface area (Å²) >= 11 is 0. The number of pyridine rings is 1. The summed E-state index contributed by atoms with van der Waals surface area (Å²) in [6, 6.07) is 15.6. The summed E-state index contributed by atoms with van der Waals surface area (Å²) in [7, 11) is 1.70. The average molecular weight is 698 g/mol. The standard InChI is InChI=1S/C38H48FN9O3/c1-5-48(30-11-12-32(40)31(20-30)35(41)27-8-13-33(44-21-27)51-25(2)3)37(50)28-14-17-46(22-28)23-34(49)47-18-15-38(39,16-19-47)29-9-6-26(7-10-29)36(42)45-24-43-4/h6-13,20-21,24-25,28,41H,5,14-19,22-23,40H2,1-4H3,(H2,42,43,45)/t28-/m1/s1. The lowest BCUT2D eigenvalue weighted by Gasteiger charge is -2.37. The fourth-order valence-corrected chi connectivity index (χ4v) is 6.61. The van der Waals surface area contributed by atoms with Gasteiger partial charge in [-0.1, -0.05) is 24.3 Å². The SMILES string of the molecule is CCN(C(=O)[C@@H]1CCN(CC(=O)N2CCC(F)(c3ccc(C(=N)/N=C\NC)cc3)CC2)C1)c1ccc(N)c(C(=N)c2ccc(OC(C)C)nc2)c1. The third kappa shape index (κ3) is 8.77. The lowest BCUT2D eigenvalue weighted by Crippen LogP contribution is -2.47. The number of amides is 2. The molecule has 270 valence electrons. The smallest absolute Gasteiger partial charge is 0.236 e. The number of nitrogens with zero attached hydrogens (tertiary/aromatic N) is 5. The highest BCUT2D eigenvalue weighted by Crippen LogP contribution is 2.37. The van der Waals surface area contributed by atoms with Crippen LogP contribution in [0.4, 0.5) is 15.8 Å². The van der Waals surface area contributed by atoms with E-state index in [0.717, 1.165) is 0 Å². The van der Waals surface area contributed by atoms with Gasteiger partial charge in [-0.3, -0.25) is 25.3 Å². The van der Waals surface area contributed by atoms with E-state index >= 15 is 4.39 Å². The summed E-state index contributed by atoms with van der Waals surface area (Å²) in [6.07, 6.45) is 3.99. The number of nitrogens with one attached hydrogen (secondary N) is 3. The van der Waals surface area contributed by atoms with E-state index in [1.165, 1.54) is 6.34 Å². The molecule has 3 heterocycles. The second-order valence-corrected chi connectivity index (χ2v) is 13.3. The van der Waals surface area contributed by atoms with Gasteiger partial charge in [-0.15, -0.1) is 0 Å². The van der Waals surface area contributed by atoms with Gasteiger partial charge in [0.25, 0.3) is 0 Å². The monoisotopic (exact) mass is 697 g/mol. The Morgan fingerprint density at radius 1 is 1.12 bits per heavy atom. The van der Waals surface area contributed by atoms with Crippen molar-refractivity contribution in [2.24, 2.45) is 10.9 Å². The van der Waals surface area contributed by atoms with Crippen LogP contribution in [0.1, 0.15) is 62.3 Å². The molecule has 2 aromatic carbocycles. The maximum absolute atomic E-state index is 16.0. The van der Waals surface area contributed by atoms with Crippen LogP contribution in [-0.4, -0.2) is 96.9 Å². The number of carbonyl (C=O) groups excluding carboxylic acids is 2. The topological polar surface area (TPSA) is 164 Å². The van der Waals surface area contributed by atoms with E-state index in [2.05, 4.69) is 15.3 Å². The van der Waals surface area contributed by atoms with Gasteiger partial charge in [0.2, 0.25) is 17.7 Å². The Kier molecular flexibility index (Phi) is 11.8. The second kappa shape index (κ2) is 16.2. The Morgan fingerprint density at radius 2 is 1.82 bits per heavy atom. The van der Waals surface area contributed by atoms with Crippen molar-refractivity contribution in [1.29, 1.82) is 10.8 Å². The van der Waals surface area contributed by atoms with Crippen LogP contribution in [0.2, 0.25) is 0 Å². The summed E-state index contributed by atoms with van der Waals surface area (Å²) in [5, 5.41) is 19.6. The highest BCUT2D eigenvalue weighted by atomic mass is 19.1. The third-order valence-electron chi connectivity index (χ3n) is 9.47. The van der Waals surface area contributed by atoms with Crippen molar-refractivity contribution in [2.75, 3.05) is 56.9 Å². The predicted octanol–water partition coefficient (Wildman–Crippen LogP) is 4.60. The van der Waals surface area contributed by atoms with Gasteiger partial charge in [-0.2, -0.15) is 0 Å². The summed E-state index contributed by atoms with van der Waals surface area (Å²) in [6.45, 7) is 8.03. The number of nitrogens with two attached hydrogens (primary N) is 1. The third-order valence-corrected chi connectivity index (χ3v) is 9.47. The van der Waals surface area contributed by atoms with Gasteiger partial charge in [-0.05, 0) is 63.6 Å². The van der Waals surface area contributed by atoms with Crippen LogP contribution >= 0.6 is 0 Å². The Balaban J connectivity index is 1.15. The van der Waals surface area contributed by atoms with E-state index in [1.807, 2.05) is 25.7 Å². The van der Waals surface area contributed by atoms with Crippen molar-refractivity contribution < 1.29 is 18.7 Å². The number of hydrogen-bond acceptors (Lipinski definition) is 8. The number of benzene rings is 2. The Hall–Kier alpha value is -5.17. The molecule has 2 aliphatic rings. The minimum Gasteiger partial charge on any atom is -0.475 e. The number of alkyl halides is 1. The van der Waals surface area contributed by atoms with Crippen molar-refractivity contribution in [3.63, 3.8) is 0 Å². The predicted molar refractivity (Wildman–Crippen MR) is 199 cm³/mol. The molecule has 2 amide bonds. The molecule has 0 unspecified atom stereocenters. The van der Waals surface area contributed by atoms with Gasteiger partial charge < -0.3 is 25.6 Å². The molecule has 0 saturated carbocycles. The fourth-order valence-electron chi connectivity index (χ4n) is 6.61. The Bertz CT molecular complexity index is 1750. The first-order valence-corrected chi connectivity index (χ1v) is 17.4. The number of halogens is 1. The van der Waals surface area contributed by atoms with Gasteiger partial charge in [0, 0.05) is 86.4 Å². The molecule has 5 rings (SSSR count). The van der Waals surface area contributed by atoms with Gasteiger partial charge in [0.15, 0.2) is 5.84 Å². The van der Waals surface area contributed by atoms with E-state index in [0.29, 0.717) is 78.7 Å². The fraction of sp³-hybridized carbons (Fsp3) is 0.421. The van der Waals surface area contributed by atoms with E-state index < -0.39 is 5.67 Å². The molecule has 1 atom stereocenters. The van der Waals surface area contributed by atoms with Crippen LogP contribution in [-0.2, 0) is 15.3 Å². The Morgan fingerprint density at radius 3 is 2.45 bits per heavy atom. The van der Waals surface area contributed by atoms with Crippen LogP contribution in [0.25, 0.3) is 0 Å². The number of likely N-dealkylation sites (tertiary alicyclic amines) is 2. The first-order chi connectivity index (χ1) is 24.4. The second-order valence-electron chi connectivity index (χ2n) is 13.3. The van der Waals surface area contributed by atoms with Crippen molar-refractivity contribution >= 4 is 41.1 Å². The Labute approximate surface area is 298 Å². The highest BCUT2D eigenvalue weighted by molar-refractivity contribution is 6.14. The van der Waals surface area contributed by atoms with Gasteiger partial charge in [0.1, 0.15) is 5.67 Å². The molecular weight excluding hydrogens is 649 g/mol. The van der Waals surface area contributed by atoms with Gasteiger partial charge >= 0.3 is 0 Å². The van der Waals surface area contributed by atoms with Crippen molar-refractivity contribution in [3.05, 3.63) is 83.0 Å². The minimum absolute atomic E-state index is 0.0164. The summed E-state index contributed by atoms with van der Waals surface area (Å²) < 4.78 is 21.6. The van der Waals surface area contributed by atoms with E-state index in [9.17, 15) is 9.59 Å². The molecule has 2 aliphatic heterocycles. The number of aliphatic imine (C=N–C) groups is 1. The summed E-state index contributed by atoms with van der Waals surface area (Å²) in [5.74, 6) is 0.168. The number of hydrogen-bond donors (Lipinski definition) is 4. The molecule has 3 aromatic rings. The van der Waals surface area contributed by atoms with Crippen molar-refractivity contribution in [2.45, 2.75) is 51.8 Å². The number of piperidine rings is 1. The lowest BCUT2D eigenvalue weighted by atomic mass is 9.85. The van der Waals surface area contributed by atoms with Crippen LogP contribution in [0.3, 0.4) is 0 Å². The molecule has 12 nitrogen and oxygen atoms in total. The minimum atomic E-state index is -1.55. The van der Waals surface area contributed by atoms with E-state index in [1.54, 1.807) is 77.6 Å². The zero-order valence-electron chi connectivity index (χ0n) is 29.8. The molecule has 0 aliphatic carbocycles. The number of amidine groups is 1. The molecule has 0 bridgehead atoms. The number of anilines is 2. The lowest BCUT2D eigenvalue weighted by molar-refractivity contribution is -0.135. The highest BCUT2D eigenvalue weighted by Gasteiger charge is 2.39. The molecule has 51 heavy (non-hydrogen) atoms. The van der Waals surface area contributed by atoms with Crippen LogP contribution < -0.4 is 20.7 Å². The van der Waals surface area contributed by atoms with Crippen LogP contribution in [0.15, 0.2) is 65.8 Å². The molecule has 5 N–H and O–H groups in total. The molecule has 2 saturated heterocycles. The number of carbonyl (C=O) groups is 2. The van der Waals surface area contributed by atoms with Gasteiger partial charge in [0.05, 0.1) is 30.6 Å². The maximum atomic E-state index is 16.0. The molecule has 13 heteroatoms. The first-order valence-electron chi connectivity index (χ1n) is 17.4. The van der Waals surface area contributed by atoms with E-state index in [-0.39, 0.29) is 54.8 Å². The largest absolute Gasteiger partial charge is 0.475 e. The summed E-state index contributed by atoms with van der Waals surface area (Å²) in [4.78, 5) is 40.8. The summed E-state index contributed by atoms with van der Waals surface area (Å²) in [5.41, 5.74) is 8.23. The van der Waals surface area contributed by atoms with Crippen molar-refractivity contribution in [1.82, 2.24) is 20.1 Å². The number of rotatable bonds is 12. The normalized spacial score (nSPS) is 17.5. The molecule has 2 fully saturated rings. The zero-order valence-corrected chi connectivity index (χ0v) is 29.8. The van der Waals surface area contributed by atoms with Gasteiger partial charge in [-0.25, -0.2) is 14.4 Å². The quantitative estimate of drug-likeness (QED) is 0.122. The van der Waals surface area contributed by atoms with Crippen LogP contribution in [0.5, 0.6) is 5.88 Å². The molecule has 1 aromatic heterocycles. The van der Waals surface area contributed by atoms with Crippen molar-refractivity contribution in [3.8, 4) is 5.88 Å². The first kappa shape index (κ1) is 37.1. The number of nitrogen functional groups attached to an aromatic ring is 1. The molecule has 0 radical (unpaired) electrons. The zero-order chi connectivity index (χ0) is 36.7. The van der Waals surface area contributed by atoms with Crippen LogP contribution in [0, 0.1) is 16.7 Å². The van der Waals surface area contributed by atoms with E-state index in [4.69, 9.17) is 21.3 Å².